The first-order chi connectivity index (χ1) is 17.2. The van der Waals surface area contributed by atoms with E-state index in [0.29, 0.717) is 22.9 Å². The van der Waals surface area contributed by atoms with Gasteiger partial charge in [-0.25, -0.2) is 14.8 Å². The number of carbonyl (C=O) groups excluding carboxylic acids is 1. The number of thiophene rings is 1. The lowest BCUT2D eigenvalue weighted by molar-refractivity contribution is -0.0190. The summed E-state index contributed by atoms with van der Waals surface area (Å²) < 4.78 is 24.5. The summed E-state index contributed by atoms with van der Waals surface area (Å²) in [4.78, 5) is 21.0. The molecule has 178 valence electrons. The third kappa shape index (κ3) is 4.43. The van der Waals surface area contributed by atoms with Gasteiger partial charge in [-0.05, 0) is 41.8 Å². The quantitative estimate of drug-likeness (QED) is 0.368. The Morgan fingerprint density at radius 1 is 1.03 bits per heavy atom. The molecule has 4 heterocycles. The Bertz CT molecular complexity index is 1370. The molecule has 35 heavy (non-hydrogen) atoms. The monoisotopic (exact) mass is 509 g/mol. The number of anilines is 2. The van der Waals surface area contributed by atoms with E-state index in [9.17, 15) is 4.79 Å². The van der Waals surface area contributed by atoms with Crippen molar-refractivity contribution in [2.75, 3.05) is 18.5 Å². The maximum Gasteiger partial charge on any atom is 0.338 e. The van der Waals surface area contributed by atoms with Gasteiger partial charge in [0.25, 0.3) is 0 Å². The van der Waals surface area contributed by atoms with Crippen LogP contribution in [0.5, 0.6) is 5.75 Å². The zero-order valence-corrected chi connectivity index (χ0v) is 19.9. The van der Waals surface area contributed by atoms with Gasteiger partial charge < -0.3 is 24.3 Å². The van der Waals surface area contributed by atoms with Gasteiger partial charge in [-0.15, -0.1) is 11.3 Å². The lowest BCUT2D eigenvalue weighted by Crippen LogP contribution is -2.36. The van der Waals surface area contributed by atoms with Gasteiger partial charge in [0.15, 0.2) is 18.0 Å². The fourth-order valence-corrected chi connectivity index (χ4v) is 5.28. The zero-order valence-electron chi connectivity index (χ0n) is 18.3. The Hall–Kier alpha value is -3.24. The SMILES string of the molecule is O=C(O[C@H]1CO[C@@H]2C(Oc3ccc(Nc4ncnc5ccsc45)cc3Cl)CO[C@H]12)c1ccccc1. The van der Waals surface area contributed by atoms with Gasteiger partial charge in [-0.2, -0.15) is 0 Å². The van der Waals surface area contributed by atoms with E-state index in [0.717, 1.165) is 21.7 Å². The molecule has 0 amide bonds. The number of esters is 1. The Labute approximate surface area is 209 Å². The molecule has 4 atom stereocenters. The summed E-state index contributed by atoms with van der Waals surface area (Å²) in [6.07, 6.45) is -0.0857. The minimum atomic E-state index is -0.495. The number of benzene rings is 2. The Morgan fingerprint density at radius 3 is 2.66 bits per heavy atom. The van der Waals surface area contributed by atoms with Crippen molar-refractivity contribution >= 4 is 50.6 Å². The van der Waals surface area contributed by atoms with Crippen molar-refractivity contribution in [1.82, 2.24) is 9.97 Å². The highest BCUT2D eigenvalue weighted by Crippen LogP contribution is 2.36. The molecule has 2 aromatic carbocycles. The molecule has 1 unspecified atom stereocenters. The van der Waals surface area contributed by atoms with E-state index in [4.69, 9.17) is 30.5 Å². The van der Waals surface area contributed by atoms with Crippen LogP contribution in [0.4, 0.5) is 11.5 Å². The van der Waals surface area contributed by atoms with Crippen molar-refractivity contribution in [2.45, 2.75) is 24.4 Å². The number of rotatable bonds is 6. The molecule has 2 aliphatic heterocycles. The van der Waals surface area contributed by atoms with Crippen molar-refractivity contribution in [3.63, 3.8) is 0 Å². The average Bonchev–Trinajstić information content (AvgIpc) is 3.60. The van der Waals surface area contributed by atoms with Crippen LogP contribution in [0.25, 0.3) is 10.2 Å². The van der Waals surface area contributed by atoms with Crippen LogP contribution in [-0.2, 0) is 14.2 Å². The standard InChI is InChI=1S/C25H20ClN3O5S/c26-16-10-15(29-24-23-17(8-9-35-23)27-13-28-24)6-7-18(16)33-19-11-31-22-20(12-32-21(19)22)34-25(30)14-4-2-1-3-5-14/h1-10,13,19-22H,11-12H2,(H,27,28,29)/t19?,20-,21+,22+/m0/s1. The van der Waals surface area contributed by atoms with E-state index in [1.54, 1.807) is 47.7 Å². The third-order valence-corrected chi connectivity index (χ3v) is 7.15. The van der Waals surface area contributed by atoms with Crippen molar-refractivity contribution < 1.29 is 23.7 Å². The van der Waals surface area contributed by atoms with E-state index < -0.39 is 18.2 Å². The smallest absolute Gasteiger partial charge is 0.338 e. The molecule has 0 saturated carbocycles. The second-order valence-corrected chi connectivity index (χ2v) is 9.51. The molecular weight excluding hydrogens is 490 g/mol. The highest BCUT2D eigenvalue weighted by atomic mass is 35.5. The van der Waals surface area contributed by atoms with Crippen molar-refractivity contribution in [3.05, 3.63) is 76.9 Å². The lowest BCUT2D eigenvalue weighted by Gasteiger charge is -2.19. The summed E-state index contributed by atoms with van der Waals surface area (Å²) in [5.41, 5.74) is 2.16. The largest absolute Gasteiger partial charge is 0.484 e. The van der Waals surface area contributed by atoms with E-state index >= 15 is 0 Å². The summed E-state index contributed by atoms with van der Waals surface area (Å²) in [5, 5.41) is 5.71. The average molecular weight is 510 g/mol. The highest BCUT2D eigenvalue weighted by Gasteiger charge is 2.50. The zero-order chi connectivity index (χ0) is 23.8. The number of aromatic nitrogens is 2. The van der Waals surface area contributed by atoms with Crippen LogP contribution < -0.4 is 10.1 Å². The second kappa shape index (κ2) is 9.43. The first-order valence-electron chi connectivity index (χ1n) is 11.1. The first kappa shape index (κ1) is 22.2. The van der Waals surface area contributed by atoms with Crippen LogP contribution in [0.3, 0.4) is 0 Å². The number of halogens is 1. The van der Waals surface area contributed by atoms with Crippen molar-refractivity contribution in [1.29, 1.82) is 0 Å². The summed E-state index contributed by atoms with van der Waals surface area (Å²) in [7, 11) is 0. The number of hydrogen-bond acceptors (Lipinski definition) is 9. The Kier molecular flexibility index (Phi) is 5.99. The predicted molar refractivity (Wildman–Crippen MR) is 132 cm³/mol. The lowest BCUT2D eigenvalue weighted by atomic mass is 10.1. The van der Waals surface area contributed by atoms with Crippen LogP contribution in [0.1, 0.15) is 10.4 Å². The first-order valence-corrected chi connectivity index (χ1v) is 12.3. The fraction of sp³-hybridized carbons (Fsp3) is 0.240. The van der Waals surface area contributed by atoms with Gasteiger partial charge in [0.05, 0.1) is 34.0 Å². The minimum absolute atomic E-state index is 0.250. The van der Waals surface area contributed by atoms with Gasteiger partial charge in [0.2, 0.25) is 0 Å². The van der Waals surface area contributed by atoms with E-state index in [1.807, 2.05) is 23.6 Å². The molecule has 8 nitrogen and oxygen atoms in total. The number of nitrogens with one attached hydrogen (secondary N) is 1. The normalized spacial score (nSPS) is 23.2. The number of fused-ring (bicyclic) bond motifs is 2. The molecule has 2 aromatic heterocycles. The molecule has 0 aliphatic carbocycles. The third-order valence-electron chi connectivity index (χ3n) is 5.95. The van der Waals surface area contributed by atoms with E-state index in [-0.39, 0.29) is 18.8 Å². The topological polar surface area (TPSA) is 91.8 Å². The maximum atomic E-state index is 12.4. The predicted octanol–water partition coefficient (Wildman–Crippen LogP) is 4.86. The van der Waals surface area contributed by atoms with Gasteiger partial charge in [-0.1, -0.05) is 29.8 Å². The summed E-state index contributed by atoms with van der Waals surface area (Å²) in [5.74, 6) is 0.837. The van der Waals surface area contributed by atoms with E-state index in [1.165, 1.54) is 6.33 Å². The molecule has 0 bridgehead atoms. The summed E-state index contributed by atoms with van der Waals surface area (Å²) in [6, 6.07) is 16.3. The molecule has 0 radical (unpaired) electrons. The van der Waals surface area contributed by atoms with Gasteiger partial charge in [-0.3, -0.25) is 0 Å². The molecule has 6 rings (SSSR count). The fourth-order valence-electron chi connectivity index (χ4n) is 4.26. The Balaban J connectivity index is 1.10. The Morgan fingerprint density at radius 2 is 1.83 bits per heavy atom. The molecule has 0 spiro atoms. The van der Waals surface area contributed by atoms with Crippen LogP contribution in [0, 0.1) is 0 Å². The minimum Gasteiger partial charge on any atom is -0.484 e. The molecule has 2 saturated heterocycles. The van der Waals surface area contributed by atoms with Crippen LogP contribution in [0.15, 0.2) is 66.3 Å². The van der Waals surface area contributed by atoms with Crippen LogP contribution in [-0.4, -0.2) is 53.6 Å². The summed E-state index contributed by atoms with van der Waals surface area (Å²) in [6.45, 7) is 0.558. The molecule has 2 aliphatic rings. The van der Waals surface area contributed by atoms with Gasteiger partial charge >= 0.3 is 5.97 Å². The maximum absolute atomic E-state index is 12.4. The number of carbonyl (C=O) groups is 1. The van der Waals surface area contributed by atoms with E-state index in [2.05, 4.69) is 15.3 Å². The van der Waals surface area contributed by atoms with Gasteiger partial charge in [0.1, 0.15) is 24.3 Å². The van der Waals surface area contributed by atoms with Crippen LogP contribution >= 0.6 is 22.9 Å². The number of nitrogens with zero attached hydrogens (tertiary/aromatic N) is 2. The molecular formula is C25H20ClN3O5S. The number of hydrogen-bond donors (Lipinski definition) is 1. The van der Waals surface area contributed by atoms with Gasteiger partial charge in [0, 0.05) is 5.69 Å². The van der Waals surface area contributed by atoms with Crippen molar-refractivity contribution in [3.8, 4) is 5.75 Å². The molecule has 4 aromatic rings. The molecule has 10 heteroatoms. The second-order valence-electron chi connectivity index (χ2n) is 8.19. The van der Waals surface area contributed by atoms with Crippen LogP contribution in [0.2, 0.25) is 5.02 Å². The van der Waals surface area contributed by atoms with Crippen molar-refractivity contribution in [2.24, 2.45) is 0 Å². The number of ether oxygens (including phenoxy) is 4. The molecule has 2 fully saturated rings. The highest BCUT2D eigenvalue weighted by molar-refractivity contribution is 7.17. The summed E-state index contributed by atoms with van der Waals surface area (Å²) >= 11 is 8.10. The molecule has 1 N–H and O–H groups in total.